The number of amides is 1. The number of benzene rings is 1. The molecule has 120 valence electrons. The fourth-order valence-corrected chi connectivity index (χ4v) is 2.95. The Morgan fingerprint density at radius 1 is 1.41 bits per heavy atom. The number of halogens is 1. The molecular weight excluding hydrogens is 289 g/mol. The standard InChI is InChI=1S/C15H20FN3O3/c16-13-8-11(19(21)22)6-7-12(13)15(20)18-14(9-17)10-4-2-1-3-5-10/h6-8,10,14H,1-5,9,17H2,(H,18,20). The Hall–Kier alpha value is -2.02. The first kappa shape index (κ1) is 16.4. The monoisotopic (exact) mass is 309 g/mol. The number of hydrogen-bond donors (Lipinski definition) is 2. The molecule has 6 nitrogen and oxygen atoms in total. The molecule has 22 heavy (non-hydrogen) atoms. The van der Waals surface area contributed by atoms with E-state index in [1.807, 2.05) is 0 Å². The van der Waals surface area contributed by atoms with E-state index in [-0.39, 0.29) is 17.3 Å². The van der Waals surface area contributed by atoms with Gasteiger partial charge >= 0.3 is 0 Å². The number of nitrogens with one attached hydrogen (secondary N) is 1. The van der Waals surface area contributed by atoms with E-state index in [1.165, 1.54) is 6.42 Å². The predicted octanol–water partition coefficient (Wildman–Crippen LogP) is 2.37. The molecule has 0 aliphatic heterocycles. The van der Waals surface area contributed by atoms with Crippen LogP contribution in [0, 0.1) is 21.8 Å². The van der Waals surface area contributed by atoms with Gasteiger partial charge in [-0.1, -0.05) is 19.3 Å². The fourth-order valence-electron chi connectivity index (χ4n) is 2.95. The summed E-state index contributed by atoms with van der Waals surface area (Å²) in [7, 11) is 0. The summed E-state index contributed by atoms with van der Waals surface area (Å²) in [5.74, 6) is -1.16. The van der Waals surface area contributed by atoms with Gasteiger partial charge in [-0.2, -0.15) is 0 Å². The van der Waals surface area contributed by atoms with Crippen LogP contribution >= 0.6 is 0 Å². The molecule has 7 heteroatoms. The second kappa shape index (κ2) is 7.31. The lowest BCUT2D eigenvalue weighted by Gasteiger charge is -2.30. The van der Waals surface area contributed by atoms with Gasteiger partial charge in [0.15, 0.2) is 0 Å². The average Bonchev–Trinajstić information content (AvgIpc) is 2.53. The molecule has 1 aromatic rings. The van der Waals surface area contributed by atoms with Crippen molar-refractivity contribution in [1.29, 1.82) is 0 Å². The summed E-state index contributed by atoms with van der Waals surface area (Å²) in [4.78, 5) is 22.1. The van der Waals surface area contributed by atoms with Gasteiger partial charge in [-0.3, -0.25) is 14.9 Å². The number of hydrogen-bond acceptors (Lipinski definition) is 4. The van der Waals surface area contributed by atoms with Crippen LogP contribution in [-0.2, 0) is 0 Å². The van der Waals surface area contributed by atoms with Crippen molar-refractivity contribution in [3.63, 3.8) is 0 Å². The van der Waals surface area contributed by atoms with Gasteiger partial charge in [-0.25, -0.2) is 4.39 Å². The molecule has 0 heterocycles. The Kier molecular flexibility index (Phi) is 5.43. The first-order chi connectivity index (χ1) is 10.5. The third-order valence-electron chi connectivity index (χ3n) is 4.20. The van der Waals surface area contributed by atoms with Crippen molar-refractivity contribution >= 4 is 11.6 Å². The van der Waals surface area contributed by atoms with Gasteiger partial charge in [0.25, 0.3) is 11.6 Å². The minimum atomic E-state index is -0.897. The topological polar surface area (TPSA) is 98.3 Å². The normalized spacial score (nSPS) is 17.0. The van der Waals surface area contributed by atoms with E-state index in [9.17, 15) is 19.3 Å². The molecule has 1 amide bonds. The SMILES string of the molecule is NCC(NC(=O)c1ccc([N+](=O)[O-])cc1F)C1CCCCC1. The lowest BCUT2D eigenvalue weighted by atomic mass is 9.84. The molecule has 1 fully saturated rings. The lowest BCUT2D eigenvalue weighted by Crippen LogP contribution is -2.46. The number of nitrogens with zero attached hydrogens (tertiary/aromatic N) is 1. The summed E-state index contributed by atoms with van der Waals surface area (Å²) >= 11 is 0. The smallest absolute Gasteiger partial charge is 0.272 e. The van der Waals surface area contributed by atoms with Gasteiger partial charge in [0.2, 0.25) is 0 Å². The van der Waals surface area contributed by atoms with Crippen molar-refractivity contribution in [1.82, 2.24) is 5.32 Å². The van der Waals surface area contributed by atoms with Crippen molar-refractivity contribution in [3.8, 4) is 0 Å². The summed E-state index contributed by atoms with van der Waals surface area (Å²) in [5.41, 5.74) is 5.16. The van der Waals surface area contributed by atoms with Gasteiger partial charge in [-0.05, 0) is 24.8 Å². The molecule has 1 unspecified atom stereocenters. The maximum Gasteiger partial charge on any atom is 0.272 e. The predicted molar refractivity (Wildman–Crippen MR) is 79.9 cm³/mol. The van der Waals surface area contributed by atoms with Gasteiger partial charge < -0.3 is 11.1 Å². The highest BCUT2D eigenvalue weighted by molar-refractivity contribution is 5.94. The first-order valence-electron chi connectivity index (χ1n) is 7.47. The number of rotatable bonds is 5. The van der Waals surface area contributed by atoms with Gasteiger partial charge in [0.05, 0.1) is 16.6 Å². The Morgan fingerprint density at radius 3 is 2.64 bits per heavy atom. The number of nitrogens with two attached hydrogens (primary N) is 1. The van der Waals surface area contributed by atoms with Crippen LogP contribution in [0.5, 0.6) is 0 Å². The van der Waals surface area contributed by atoms with Crippen molar-refractivity contribution in [3.05, 3.63) is 39.7 Å². The van der Waals surface area contributed by atoms with Crippen molar-refractivity contribution < 1.29 is 14.1 Å². The first-order valence-corrected chi connectivity index (χ1v) is 7.47. The van der Waals surface area contributed by atoms with Crippen LogP contribution in [0.2, 0.25) is 0 Å². The van der Waals surface area contributed by atoms with Crippen LogP contribution in [-0.4, -0.2) is 23.4 Å². The largest absolute Gasteiger partial charge is 0.348 e. The van der Waals surface area contributed by atoms with Crippen LogP contribution in [0.15, 0.2) is 18.2 Å². The maximum atomic E-state index is 13.9. The maximum absolute atomic E-state index is 13.9. The summed E-state index contributed by atoms with van der Waals surface area (Å²) in [6.07, 6.45) is 5.43. The summed E-state index contributed by atoms with van der Waals surface area (Å²) in [5, 5.41) is 13.4. The minimum Gasteiger partial charge on any atom is -0.348 e. The molecule has 0 saturated heterocycles. The molecule has 3 N–H and O–H groups in total. The molecular formula is C15H20FN3O3. The third kappa shape index (κ3) is 3.79. The van der Waals surface area contributed by atoms with Gasteiger partial charge in [0, 0.05) is 18.7 Å². The second-order valence-electron chi connectivity index (χ2n) is 5.64. The van der Waals surface area contributed by atoms with E-state index < -0.39 is 16.6 Å². The lowest BCUT2D eigenvalue weighted by molar-refractivity contribution is -0.385. The average molecular weight is 309 g/mol. The molecule has 0 bridgehead atoms. The van der Waals surface area contributed by atoms with E-state index in [1.54, 1.807) is 0 Å². The molecule has 0 spiro atoms. The van der Waals surface area contributed by atoms with Crippen LogP contribution in [0.1, 0.15) is 42.5 Å². The van der Waals surface area contributed by atoms with E-state index >= 15 is 0 Å². The number of carbonyl (C=O) groups is 1. The van der Waals surface area contributed by atoms with Crippen LogP contribution < -0.4 is 11.1 Å². The summed E-state index contributed by atoms with van der Waals surface area (Å²) in [6, 6.07) is 2.82. The Bertz CT molecular complexity index is 559. The van der Waals surface area contributed by atoms with E-state index in [0.29, 0.717) is 12.5 Å². The highest BCUT2D eigenvalue weighted by Gasteiger charge is 2.25. The van der Waals surface area contributed by atoms with Crippen molar-refractivity contribution in [2.75, 3.05) is 6.54 Å². The molecule has 1 aliphatic rings. The fraction of sp³-hybridized carbons (Fsp3) is 0.533. The summed E-state index contributed by atoms with van der Waals surface area (Å²) in [6.45, 7) is 0.297. The van der Waals surface area contributed by atoms with Crippen LogP contribution in [0.25, 0.3) is 0 Å². The van der Waals surface area contributed by atoms with E-state index in [2.05, 4.69) is 5.32 Å². The molecule has 1 aliphatic carbocycles. The van der Waals surface area contributed by atoms with Gasteiger partial charge in [0.1, 0.15) is 5.82 Å². The van der Waals surface area contributed by atoms with Crippen LogP contribution in [0.3, 0.4) is 0 Å². The van der Waals surface area contributed by atoms with Crippen molar-refractivity contribution in [2.45, 2.75) is 38.1 Å². The highest BCUT2D eigenvalue weighted by atomic mass is 19.1. The third-order valence-corrected chi connectivity index (χ3v) is 4.20. The summed E-state index contributed by atoms with van der Waals surface area (Å²) < 4.78 is 13.9. The molecule has 1 atom stereocenters. The number of non-ortho nitro benzene ring substituents is 1. The van der Waals surface area contributed by atoms with E-state index in [0.717, 1.165) is 43.9 Å². The Morgan fingerprint density at radius 2 is 2.09 bits per heavy atom. The van der Waals surface area contributed by atoms with E-state index in [4.69, 9.17) is 5.73 Å². The number of carbonyl (C=O) groups excluding carboxylic acids is 1. The number of nitro groups is 1. The van der Waals surface area contributed by atoms with Crippen LogP contribution in [0.4, 0.5) is 10.1 Å². The zero-order valence-corrected chi connectivity index (χ0v) is 12.3. The zero-order chi connectivity index (χ0) is 16.1. The number of nitro benzene ring substituents is 1. The quantitative estimate of drug-likeness (QED) is 0.644. The van der Waals surface area contributed by atoms with Crippen molar-refractivity contribution in [2.24, 2.45) is 11.7 Å². The second-order valence-corrected chi connectivity index (χ2v) is 5.64. The Labute approximate surface area is 128 Å². The minimum absolute atomic E-state index is 0.192. The molecule has 1 aromatic carbocycles. The molecule has 2 rings (SSSR count). The molecule has 1 saturated carbocycles. The molecule has 0 radical (unpaired) electrons. The highest BCUT2D eigenvalue weighted by Crippen LogP contribution is 2.26. The Balaban J connectivity index is 2.08. The molecule has 0 aromatic heterocycles. The van der Waals surface area contributed by atoms with Gasteiger partial charge in [-0.15, -0.1) is 0 Å². The zero-order valence-electron chi connectivity index (χ0n) is 12.3.